The van der Waals surface area contributed by atoms with E-state index in [-0.39, 0.29) is 5.76 Å². The largest absolute Gasteiger partial charge is 0.519 e. The van der Waals surface area contributed by atoms with Crippen LogP contribution in [0.1, 0.15) is 16.4 Å². The van der Waals surface area contributed by atoms with Gasteiger partial charge in [0.15, 0.2) is 10.6 Å². The summed E-state index contributed by atoms with van der Waals surface area (Å²) < 4.78 is 8.97. The summed E-state index contributed by atoms with van der Waals surface area (Å²) >= 11 is 10.8. The van der Waals surface area contributed by atoms with Crippen LogP contribution in [0, 0.1) is 6.92 Å². The van der Waals surface area contributed by atoms with E-state index in [1.54, 1.807) is 6.92 Å². The highest BCUT2D eigenvalue weighted by atomic mass is 35.5. The van der Waals surface area contributed by atoms with Crippen molar-refractivity contribution in [3.05, 3.63) is 22.1 Å². The fourth-order valence-electron chi connectivity index (χ4n) is 0.556. The molecule has 3 nitrogen and oxygen atoms in total. The number of rotatable bonds is 1. The first-order valence-corrected chi connectivity index (χ1v) is 3.37. The normalized spacial score (nSPS) is 10.8. The fourth-order valence-corrected chi connectivity index (χ4v) is 0.952. The Hall–Kier alpha value is -0.410. The van der Waals surface area contributed by atoms with Crippen LogP contribution in [0.2, 0.25) is 0 Å². The van der Waals surface area contributed by atoms with Crippen LogP contribution in [-0.4, -0.2) is 0 Å². The highest BCUT2D eigenvalue weighted by Gasteiger charge is 2.14. The van der Waals surface area contributed by atoms with Crippen LogP contribution in [0.25, 0.3) is 0 Å². The standard InChI is InChI=1S/C5H4Cl2O3/c1-2-3(4(6)7)10-5(8)9-2/h4H,1H3. The van der Waals surface area contributed by atoms with Gasteiger partial charge in [-0.3, -0.25) is 0 Å². The molecule has 0 atom stereocenters. The molecule has 56 valence electrons. The number of aryl methyl sites for hydroxylation is 1. The summed E-state index contributed by atoms with van der Waals surface area (Å²) in [5.41, 5.74) is 0. The number of alkyl halides is 2. The third-order valence-corrected chi connectivity index (χ3v) is 1.37. The molecule has 10 heavy (non-hydrogen) atoms. The predicted molar refractivity (Wildman–Crippen MR) is 36.4 cm³/mol. The number of hydrogen-bond donors (Lipinski definition) is 0. The summed E-state index contributed by atoms with van der Waals surface area (Å²) in [6.07, 6.45) is 0. The molecule has 1 rings (SSSR count). The topological polar surface area (TPSA) is 43.4 Å². The Labute approximate surface area is 66.5 Å². The van der Waals surface area contributed by atoms with Gasteiger partial charge in [-0.15, -0.1) is 0 Å². The lowest BCUT2D eigenvalue weighted by Crippen LogP contribution is -1.86. The molecule has 0 radical (unpaired) electrons. The van der Waals surface area contributed by atoms with Gasteiger partial charge in [0.1, 0.15) is 5.76 Å². The summed E-state index contributed by atoms with van der Waals surface area (Å²) in [7, 11) is 0. The smallest absolute Gasteiger partial charge is 0.396 e. The summed E-state index contributed by atoms with van der Waals surface area (Å²) in [5.74, 6) is -0.285. The van der Waals surface area contributed by atoms with Gasteiger partial charge in [0.25, 0.3) is 0 Å². The molecular weight excluding hydrogens is 179 g/mol. The van der Waals surface area contributed by atoms with Crippen molar-refractivity contribution in [3.8, 4) is 0 Å². The second kappa shape index (κ2) is 2.68. The van der Waals surface area contributed by atoms with Crippen molar-refractivity contribution in [2.75, 3.05) is 0 Å². The highest BCUT2D eigenvalue weighted by Crippen LogP contribution is 2.26. The third kappa shape index (κ3) is 1.36. The van der Waals surface area contributed by atoms with Crippen molar-refractivity contribution in [2.45, 2.75) is 11.8 Å². The van der Waals surface area contributed by atoms with Gasteiger partial charge in [-0.25, -0.2) is 4.79 Å². The van der Waals surface area contributed by atoms with E-state index < -0.39 is 10.7 Å². The summed E-state index contributed by atoms with van der Waals surface area (Å²) in [6.45, 7) is 1.55. The van der Waals surface area contributed by atoms with Crippen LogP contribution >= 0.6 is 23.2 Å². The molecule has 0 fully saturated rings. The van der Waals surface area contributed by atoms with E-state index in [9.17, 15) is 4.79 Å². The van der Waals surface area contributed by atoms with E-state index in [1.165, 1.54) is 0 Å². The lowest BCUT2D eigenvalue weighted by atomic mass is 10.4. The van der Waals surface area contributed by atoms with Gasteiger partial charge < -0.3 is 8.83 Å². The van der Waals surface area contributed by atoms with Gasteiger partial charge in [0.05, 0.1) is 0 Å². The summed E-state index contributed by atoms with van der Waals surface area (Å²) in [6, 6.07) is 0. The maximum absolute atomic E-state index is 10.4. The maximum Gasteiger partial charge on any atom is 0.519 e. The van der Waals surface area contributed by atoms with Crippen LogP contribution in [0.5, 0.6) is 0 Å². The van der Waals surface area contributed by atoms with Gasteiger partial charge in [-0.05, 0) is 6.92 Å². The zero-order valence-electron chi connectivity index (χ0n) is 5.06. The Balaban J connectivity index is 3.15. The van der Waals surface area contributed by atoms with Crippen LogP contribution < -0.4 is 5.82 Å². The molecule has 1 heterocycles. The Bertz CT molecular complexity index is 273. The van der Waals surface area contributed by atoms with E-state index in [4.69, 9.17) is 23.2 Å². The molecule has 0 aliphatic rings. The summed E-state index contributed by atoms with van der Waals surface area (Å²) in [4.78, 5) is 9.52. The second-order valence-electron chi connectivity index (χ2n) is 1.68. The van der Waals surface area contributed by atoms with Gasteiger partial charge in [0, 0.05) is 0 Å². The monoisotopic (exact) mass is 182 g/mol. The fraction of sp³-hybridized carbons (Fsp3) is 0.400. The Kier molecular flexibility index (Phi) is 2.06. The zero-order valence-corrected chi connectivity index (χ0v) is 6.57. The Morgan fingerprint density at radius 1 is 1.40 bits per heavy atom. The van der Waals surface area contributed by atoms with E-state index in [2.05, 4.69) is 8.83 Å². The molecule has 5 heteroatoms. The van der Waals surface area contributed by atoms with Crippen molar-refractivity contribution in [1.82, 2.24) is 0 Å². The van der Waals surface area contributed by atoms with Crippen LogP contribution in [0.15, 0.2) is 13.6 Å². The molecule has 0 aromatic carbocycles. The average Bonchev–Trinajstić information content (AvgIpc) is 2.10. The van der Waals surface area contributed by atoms with E-state index in [0.29, 0.717) is 5.76 Å². The van der Waals surface area contributed by atoms with Crippen LogP contribution in [0.4, 0.5) is 0 Å². The molecule has 0 aliphatic heterocycles. The van der Waals surface area contributed by atoms with Gasteiger partial charge in [-0.2, -0.15) is 0 Å². The molecule has 0 saturated heterocycles. The van der Waals surface area contributed by atoms with Crippen LogP contribution in [0.3, 0.4) is 0 Å². The molecule has 0 aliphatic carbocycles. The van der Waals surface area contributed by atoms with E-state index in [0.717, 1.165) is 0 Å². The molecule has 1 aromatic rings. The number of halogens is 2. The third-order valence-electron chi connectivity index (χ3n) is 0.975. The first-order chi connectivity index (χ1) is 4.61. The maximum atomic E-state index is 10.4. The lowest BCUT2D eigenvalue weighted by molar-refractivity contribution is 0.371. The molecule has 0 unspecified atom stereocenters. The minimum absolute atomic E-state index is 0.174. The van der Waals surface area contributed by atoms with Crippen molar-refractivity contribution in [3.63, 3.8) is 0 Å². The molecule has 0 N–H and O–H groups in total. The van der Waals surface area contributed by atoms with Crippen molar-refractivity contribution in [1.29, 1.82) is 0 Å². The molecule has 1 aromatic heterocycles. The first kappa shape index (κ1) is 7.69. The molecule has 0 bridgehead atoms. The number of hydrogen-bond acceptors (Lipinski definition) is 3. The lowest BCUT2D eigenvalue weighted by Gasteiger charge is -1.91. The minimum atomic E-state index is -0.841. The van der Waals surface area contributed by atoms with E-state index >= 15 is 0 Å². The molecule has 0 saturated carbocycles. The zero-order chi connectivity index (χ0) is 7.72. The van der Waals surface area contributed by atoms with Crippen molar-refractivity contribution < 1.29 is 8.83 Å². The molecule has 0 amide bonds. The van der Waals surface area contributed by atoms with Gasteiger partial charge >= 0.3 is 5.82 Å². The predicted octanol–water partition coefficient (Wildman–Crippen LogP) is 2.02. The highest BCUT2D eigenvalue weighted by molar-refractivity contribution is 6.43. The van der Waals surface area contributed by atoms with Crippen molar-refractivity contribution >= 4 is 23.2 Å². The van der Waals surface area contributed by atoms with Crippen LogP contribution in [-0.2, 0) is 0 Å². The SMILES string of the molecule is Cc1oc(=O)oc1C(Cl)Cl. The van der Waals surface area contributed by atoms with Gasteiger partial charge in [0.2, 0.25) is 0 Å². The van der Waals surface area contributed by atoms with E-state index in [1.807, 2.05) is 0 Å². The quantitative estimate of drug-likeness (QED) is 0.625. The second-order valence-corrected chi connectivity index (χ2v) is 2.77. The van der Waals surface area contributed by atoms with Gasteiger partial charge in [-0.1, -0.05) is 23.2 Å². The first-order valence-electron chi connectivity index (χ1n) is 2.50. The van der Waals surface area contributed by atoms with Crippen molar-refractivity contribution in [2.24, 2.45) is 0 Å². The molecule has 0 spiro atoms. The summed E-state index contributed by atoms with van der Waals surface area (Å²) in [5, 5.41) is 0. The molecular formula is C5H4Cl2O3. The Morgan fingerprint density at radius 3 is 2.20 bits per heavy atom. The minimum Gasteiger partial charge on any atom is -0.396 e. The Morgan fingerprint density at radius 2 is 2.00 bits per heavy atom. The average molecular weight is 183 g/mol.